The van der Waals surface area contributed by atoms with Crippen LogP contribution in [0.5, 0.6) is 0 Å². The number of pyridine rings is 1. The topological polar surface area (TPSA) is 121 Å². The molecule has 2 aliphatic rings. The van der Waals surface area contributed by atoms with Crippen LogP contribution in [-0.2, 0) is 5.66 Å². The van der Waals surface area contributed by atoms with Crippen molar-refractivity contribution >= 4 is 44.9 Å². The van der Waals surface area contributed by atoms with Crippen LogP contribution in [0.2, 0.25) is 0 Å². The highest BCUT2D eigenvalue weighted by atomic mass is 32.1. The number of hydrogen-bond acceptors (Lipinski definition) is 8. The second-order valence-electron chi connectivity index (χ2n) is 8.81. The lowest BCUT2D eigenvalue weighted by molar-refractivity contribution is 0.0789. The summed E-state index contributed by atoms with van der Waals surface area (Å²) in [6.45, 7) is 3.10. The zero-order valence-electron chi connectivity index (χ0n) is 18.7. The number of aryl methyl sites for hydroxylation is 1. The van der Waals surface area contributed by atoms with E-state index in [1.165, 1.54) is 17.7 Å². The molecule has 4 heterocycles. The number of amides is 2. The number of carbonyl (C=O) groups is 2. The SMILES string of the molecule is Cc1cc(Nc2ncnc3sc(C(=O)NCCN(C)C)cc23)c(=O)n2c1C(=O)NC21CCC1. The summed E-state index contributed by atoms with van der Waals surface area (Å²) in [6.07, 6.45) is 3.85. The minimum Gasteiger partial charge on any atom is -0.350 e. The van der Waals surface area contributed by atoms with Crippen molar-refractivity contribution in [2.24, 2.45) is 0 Å². The average molecular weight is 468 g/mol. The number of aromatic nitrogens is 3. The first-order valence-corrected chi connectivity index (χ1v) is 11.6. The molecule has 3 aromatic rings. The van der Waals surface area contributed by atoms with Gasteiger partial charge in [0.25, 0.3) is 17.4 Å². The van der Waals surface area contributed by atoms with Crippen molar-refractivity contribution in [3.8, 4) is 0 Å². The molecule has 3 aromatic heterocycles. The smallest absolute Gasteiger partial charge is 0.276 e. The fourth-order valence-corrected chi connectivity index (χ4v) is 5.30. The van der Waals surface area contributed by atoms with Gasteiger partial charge < -0.3 is 20.9 Å². The van der Waals surface area contributed by atoms with Gasteiger partial charge in [0.15, 0.2) is 0 Å². The third-order valence-electron chi connectivity index (χ3n) is 6.21. The van der Waals surface area contributed by atoms with Gasteiger partial charge in [-0.1, -0.05) is 0 Å². The van der Waals surface area contributed by atoms with Gasteiger partial charge in [-0.15, -0.1) is 11.3 Å². The Bertz CT molecular complexity index is 1340. The molecule has 0 atom stereocenters. The van der Waals surface area contributed by atoms with E-state index in [1.807, 2.05) is 25.9 Å². The molecule has 10 nitrogen and oxygen atoms in total. The van der Waals surface area contributed by atoms with Crippen LogP contribution in [0.4, 0.5) is 11.5 Å². The monoisotopic (exact) mass is 467 g/mol. The van der Waals surface area contributed by atoms with Crippen molar-refractivity contribution in [1.82, 2.24) is 30.1 Å². The normalized spacial score (nSPS) is 16.1. The predicted octanol–water partition coefficient (Wildman–Crippen LogP) is 1.78. The third-order valence-corrected chi connectivity index (χ3v) is 7.25. The van der Waals surface area contributed by atoms with Crippen LogP contribution in [0.25, 0.3) is 10.2 Å². The zero-order chi connectivity index (χ0) is 23.3. The van der Waals surface area contributed by atoms with Crippen LogP contribution >= 0.6 is 11.3 Å². The molecule has 0 bridgehead atoms. The fraction of sp³-hybridized carbons (Fsp3) is 0.409. The second kappa shape index (κ2) is 7.92. The Balaban J connectivity index is 1.48. The van der Waals surface area contributed by atoms with E-state index in [2.05, 4.69) is 25.9 Å². The van der Waals surface area contributed by atoms with Crippen LogP contribution in [-0.4, -0.2) is 58.4 Å². The third kappa shape index (κ3) is 3.57. The van der Waals surface area contributed by atoms with E-state index in [0.29, 0.717) is 38.8 Å². The van der Waals surface area contributed by atoms with Crippen LogP contribution in [0, 0.1) is 6.92 Å². The Morgan fingerprint density at radius 3 is 2.76 bits per heavy atom. The fourth-order valence-electron chi connectivity index (χ4n) is 4.38. The summed E-state index contributed by atoms with van der Waals surface area (Å²) >= 11 is 1.27. The molecule has 1 aliphatic heterocycles. The maximum absolute atomic E-state index is 13.4. The lowest BCUT2D eigenvalue weighted by Gasteiger charge is -2.39. The summed E-state index contributed by atoms with van der Waals surface area (Å²) in [5.41, 5.74) is 0.590. The van der Waals surface area contributed by atoms with Gasteiger partial charge in [-0.2, -0.15) is 0 Å². The molecule has 0 unspecified atom stereocenters. The van der Waals surface area contributed by atoms with E-state index >= 15 is 0 Å². The molecule has 1 saturated carbocycles. The maximum atomic E-state index is 13.4. The van der Waals surface area contributed by atoms with Gasteiger partial charge in [0, 0.05) is 13.1 Å². The van der Waals surface area contributed by atoms with Crippen LogP contribution in [0.15, 0.2) is 23.3 Å². The highest BCUT2D eigenvalue weighted by Gasteiger charge is 2.48. The Morgan fingerprint density at radius 2 is 2.06 bits per heavy atom. The van der Waals surface area contributed by atoms with E-state index in [1.54, 1.807) is 16.7 Å². The summed E-state index contributed by atoms with van der Waals surface area (Å²) in [7, 11) is 3.89. The largest absolute Gasteiger partial charge is 0.350 e. The lowest BCUT2D eigenvalue weighted by atomic mass is 9.85. The molecule has 0 aromatic carbocycles. The molecule has 1 spiro atoms. The molecule has 1 aliphatic carbocycles. The highest BCUT2D eigenvalue weighted by Crippen LogP contribution is 2.41. The molecule has 11 heteroatoms. The number of likely N-dealkylation sites (N-methyl/N-ethyl adjacent to an activating group) is 1. The number of anilines is 2. The molecule has 3 N–H and O–H groups in total. The second-order valence-corrected chi connectivity index (χ2v) is 9.84. The van der Waals surface area contributed by atoms with E-state index in [0.717, 1.165) is 31.4 Å². The molecule has 2 amide bonds. The average Bonchev–Trinajstić information content (AvgIpc) is 3.31. The van der Waals surface area contributed by atoms with Gasteiger partial charge in [0.2, 0.25) is 0 Å². The van der Waals surface area contributed by atoms with E-state index in [-0.39, 0.29) is 17.4 Å². The van der Waals surface area contributed by atoms with Gasteiger partial charge in [-0.25, -0.2) is 9.97 Å². The molecule has 33 heavy (non-hydrogen) atoms. The quantitative estimate of drug-likeness (QED) is 0.505. The number of nitrogens with one attached hydrogen (secondary N) is 3. The van der Waals surface area contributed by atoms with E-state index < -0.39 is 5.66 Å². The summed E-state index contributed by atoms with van der Waals surface area (Å²) in [5, 5.41) is 9.70. The molecule has 1 fully saturated rings. The molecular formula is C22H25N7O3S. The summed E-state index contributed by atoms with van der Waals surface area (Å²) in [6, 6.07) is 3.42. The Labute approximate surface area is 194 Å². The van der Waals surface area contributed by atoms with Gasteiger partial charge in [-0.3, -0.25) is 19.0 Å². The predicted molar refractivity (Wildman–Crippen MR) is 126 cm³/mol. The van der Waals surface area contributed by atoms with Crippen LogP contribution in [0.1, 0.15) is 45.0 Å². The first-order valence-electron chi connectivity index (χ1n) is 10.8. The van der Waals surface area contributed by atoms with Crippen molar-refractivity contribution in [2.45, 2.75) is 31.8 Å². The Kier molecular flexibility index (Phi) is 5.17. The number of thiophene rings is 1. The standard InChI is InChI=1S/C22H25N7O3S/c1-12-9-14(21(32)29-16(12)19(31)27-22(29)5-4-6-22)26-17-13-10-15(33-20(13)25-11-24-17)18(30)23-7-8-28(2)3/h9-11H,4-8H2,1-3H3,(H,23,30)(H,27,31)(H,24,25,26). The van der Waals surface area contributed by atoms with Crippen molar-refractivity contribution in [3.05, 3.63) is 44.9 Å². The molecule has 0 saturated heterocycles. The Hall–Kier alpha value is -3.31. The first-order chi connectivity index (χ1) is 15.8. The van der Waals surface area contributed by atoms with Crippen molar-refractivity contribution in [2.75, 3.05) is 32.5 Å². The minimum absolute atomic E-state index is 0.171. The summed E-state index contributed by atoms with van der Waals surface area (Å²) in [4.78, 5) is 50.2. The lowest BCUT2D eigenvalue weighted by Crippen LogP contribution is -2.52. The van der Waals surface area contributed by atoms with E-state index in [9.17, 15) is 14.4 Å². The summed E-state index contributed by atoms with van der Waals surface area (Å²) in [5.74, 6) is 0.0689. The molecule has 0 radical (unpaired) electrons. The van der Waals surface area contributed by atoms with Crippen molar-refractivity contribution < 1.29 is 9.59 Å². The number of fused-ring (bicyclic) bond motifs is 3. The first kappa shape index (κ1) is 21.5. The highest BCUT2D eigenvalue weighted by molar-refractivity contribution is 7.20. The van der Waals surface area contributed by atoms with Crippen LogP contribution in [0.3, 0.4) is 0 Å². The van der Waals surface area contributed by atoms with E-state index in [4.69, 9.17) is 0 Å². The Morgan fingerprint density at radius 1 is 1.27 bits per heavy atom. The maximum Gasteiger partial charge on any atom is 0.276 e. The van der Waals surface area contributed by atoms with Gasteiger partial charge >= 0.3 is 0 Å². The van der Waals surface area contributed by atoms with Gasteiger partial charge in [0.1, 0.15) is 34.0 Å². The van der Waals surface area contributed by atoms with Gasteiger partial charge in [-0.05, 0) is 58.0 Å². The number of rotatable bonds is 6. The van der Waals surface area contributed by atoms with Crippen molar-refractivity contribution in [1.29, 1.82) is 0 Å². The molecule has 172 valence electrons. The number of hydrogen-bond donors (Lipinski definition) is 3. The minimum atomic E-state index is -0.618. The van der Waals surface area contributed by atoms with Crippen molar-refractivity contribution in [3.63, 3.8) is 0 Å². The number of carbonyl (C=O) groups excluding carboxylic acids is 2. The van der Waals surface area contributed by atoms with Gasteiger partial charge in [0.05, 0.1) is 10.3 Å². The van der Waals surface area contributed by atoms with Crippen LogP contribution < -0.4 is 21.5 Å². The number of nitrogens with zero attached hydrogens (tertiary/aromatic N) is 4. The zero-order valence-corrected chi connectivity index (χ0v) is 19.5. The summed E-state index contributed by atoms with van der Waals surface area (Å²) < 4.78 is 1.60. The molecular weight excluding hydrogens is 442 g/mol. The molecule has 5 rings (SSSR count).